The average molecular weight is 268 g/mol. The first kappa shape index (κ1) is 14.3. The number of hydrogen-bond donors (Lipinski definition) is 1. The summed E-state index contributed by atoms with van der Waals surface area (Å²) in [5, 5.41) is 16.7. The van der Waals surface area contributed by atoms with E-state index in [2.05, 4.69) is 30.3 Å². The average Bonchev–Trinajstić information content (AvgIpc) is 2.92. The Bertz CT molecular complexity index is 593. The highest BCUT2D eigenvalue weighted by Gasteiger charge is 2.02. The lowest BCUT2D eigenvalue weighted by Crippen LogP contribution is -2.23. The van der Waals surface area contributed by atoms with Crippen LogP contribution in [0.5, 0.6) is 0 Å². The van der Waals surface area contributed by atoms with E-state index >= 15 is 0 Å². The number of aromatic nitrogens is 2. The summed E-state index contributed by atoms with van der Waals surface area (Å²) in [5.74, 6) is 0. The Labute approximate surface area is 120 Å². The van der Waals surface area contributed by atoms with E-state index in [1.165, 1.54) is 5.56 Å². The van der Waals surface area contributed by atoms with Crippen LogP contribution in [0.15, 0.2) is 36.7 Å². The second-order valence-corrected chi connectivity index (χ2v) is 5.17. The maximum Gasteiger partial charge on any atom is 0.0992 e. The molecule has 2 rings (SSSR count). The smallest absolute Gasteiger partial charge is 0.0992 e. The number of nitrogens with one attached hydrogen (secondary N) is 1. The molecule has 0 bridgehead atoms. The molecule has 0 aliphatic heterocycles. The molecule has 1 aromatic carbocycles. The zero-order valence-corrected chi connectivity index (χ0v) is 12.0. The molecule has 0 aliphatic carbocycles. The van der Waals surface area contributed by atoms with Gasteiger partial charge in [0.1, 0.15) is 0 Å². The Morgan fingerprint density at radius 2 is 2.25 bits per heavy atom. The van der Waals surface area contributed by atoms with E-state index < -0.39 is 0 Å². The molecule has 1 N–H and O–H groups in total. The standard InChI is InChI=1S/C16H20N4/c1-13(2)18-8-4-6-15-11-19-20(12-15)16-7-3-5-14(9-16)10-17/h3,5,7,9,11-13,18H,4,6,8H2,1-2H3. The molecule has 0 fully saturated rings. The fourth-order valence-corrected chi connectivity index (χ4v) is 2.03. The molecule has 20 heavy (non-hydrogen) atoms. The van der Waals surface area contributed by atoms with Crippen LogP contribution in [-0.4, -0.2) is 22.4 Å². The highest BCUT2D eigenvalue weighted by molar-refractivity contribution is 5.40. The maximum absolute atomic E-state index is 8.92. The third-order valence-electron chi connectivity index (χ3n) is 3.07. The molecule has 2 aromatic rings. The van der Waals surface area contributed by atoms with E-state index in [4.69, 9.17) is 5.26 Å². The summed E-state index contributed by atoms with van der Waals surface area (Å²) in [6.45, 7) is 5.33. The molecule has 0 spiro atoms. The minimum atomic E-state index is 0.534. The molecule has 0 atom stereocenters. The van der Waals surface area contributed by atoms with E-state index in [0.29, 0.717) is 11.6 Å². The summed E-state index contributed by atoms with van der Waals surface area (Å²) in [5.41, 5.74) is 2.80. The second kappa shape index (κ2) is 6.88. The summed E-state index contributed by atoms with van der Waals surface area (Å²) < 4.78 is 1.83. The van der Waals surface area contributed by atoms with Gasteiger partial charge in [-0.2, -0.15) is 10.4 Å². The summed E-state index contributed by atoms with van der Waals surface area (Å²) in [4.78, 5) is 0. The zero-order valence-electron chi connectivity index (χ0n) is 12.0. The molecule has 1 heterocycles. The van der Waals surface area contributed by atoms with Crippen molar-refractivity contribution in [2.45, 2.75) is 32.7 Å². The van der Waals surface area contributed by atoms with E-state index in [9.17, 15) is 0 Å². The van der Waals surface area contributed by atoms with Crippen LogP contribution in [0.3, 0.4) is 0 Å². The van der Waals surface area contributed by atoms with Gasteiger partial charge < -0.3 is 5.32 Å². The molecular formula is C16H20N4. The molecule has 4 nitrogen and oxygen atoms in total. The number of nitriles is 1. The Morgan fingerprint density at radius 1 is 1.40 bits per heavy atom. The molecule has 0 amide bonds. The van der Waals surface area contributed by atoms with Crippen molar-refractivity contribution in [3.8, 4) is 11.8 Å². The molecule has 0 saturated heterocycles. The highest BCUT2D eigenvalue weighted by atomic mass is 15.3. The van der Waals surface area contributed by atoms with Crippen molar-refractivity contribution in [1.29, 1.82) is 5.26 Å². The van der Waals surface area contributed by atoms with Crippen LogP contribution in [-0.2, 0) is 6.42 Å². The predicted octanol–water partition coefficient (Wildman–Crippen LogP) is 2.67. The first-order valence-electron chi connectivity index (χ1n) is 6.96. The zero-order chi connectivity index (χ0) is 14.4. The van der Waals surface area contributed by atoms with Crippen molar-refractivity contribution in [3.63, 3.8) is 0 Å². The van der Waals surface area contributed by atoms with Gasteiger partial charge in [0.2, 0.25) is 0 Å². The fraction of sp³-hybridized carbons (Fsp3) is 0.375. The van der Waals surface area contributed by atoms with Crippen LogP contribution < -0.4 is 5.32 Å². The Balaban J connectivity index is 1.96. The van der Waals surface area contributed by atoms with Crippen molar-refractivity contribution in [2.75, 3.05) is 6.54 Å². The maximum atomic E-state index is 8.92. The normalized spacial score (nSPS) is 10.7. The van der Waals surface area contributed by atoms with Crippen LogP contribution >= 0.6 is 0 Å². The molecule has 104 valence electrons. The first-order valence-corrected chi connectivity index (χ1v) is 6.96. The lowest BCUT2D eigenvalue weighted by molar-refractivity contribution is 0.570. The van der Waals surface area contributed by atoms with Gasteiger partial charge in [-0.3, -0.25) is 0 Å². The van der Waals surface area contributed by atoms with Crippen LogP contribution in [0.4, 0.5) is 0 Å². The van der Waals surface area contributed by atoms with Gasteiger partial charge in [0.25, 0.3) is 0 Å². The third kappa shape index (κ3) is 3.94. The largest absolute Gasteiger partial charge is 0.315 e. The van der Waals surface area contributed by atoms with E-state index in [0.717, 1.165) is 25.1 Å². The molecule has 0 aliphatic rings. The Hall–Kier alpha value is -2.12. The summed E-state index contributed by atoms with van der Waals surface area (Å²) in [6.07, 6.45) is 6.04. The number of rotatable bonds is 6. The van der Waals surface area contributed by atoms with Gasteiger partial charge in [-0.05, 0) is 43.1 Å². The molecule has 1 aromatic heterocycles. The number of nitrogens with zero attached hydrogens (tertiary/aromatic N) is 3. The quantitative estimate of drug-likeness (QED) is 0.819. The van der Waals surface area contributed by atoms with Gasteiger partial charge in [-0.1, -0.05) is 19.9 Å². The Morgan fingerprint density at radius 3 is 3.00 bits per heavy atom. The van der Waals surface area contributed by atoms with Gasteiger partial charge in [-0.15, -0.1) is 0 Å². The van der Waals surface area contributed by atoms with Gasteiger partial charge in [-0.25, -0.2) is 4.68 Å². The summed E-state index contributed by atoms with van der Waals surface area (Å²) in [7, 11) is 0. The molecule has 0 radical (unpaired) electrons. The van der Waals surface area contributed by atoms with Crippen molar-refractivity contribution < 1.29 is 0 Å². The van der Waals surface area contributed by atoms with Crippen LogP contribution in [0.1, 0.15) is 31.4 Å². The van der Waals surface area contributed by atoms with Crippen molar-refractivity contribution in [3.05, 3.63) is 47.8 Å². The van der Waals surface area contributed by atoms with Crippen molar-refractivity contribution in [2.24, 2.45) is 0 Å². The van der Waals surface area contributed by atoms with Crippen molar-refractivity contribution >= 4 is 0 Å². The minimum absolute atomic E-state index is 0.534. The lowest BCUT2D eigenvalue weighted by Gasteiger charge is -2.06. The van der Waals surface area contributed by atoms with Crippen molar-refractivity contribution in [1.82, 2.24) is 15.1 Å². The van der Waals surface area contributed by atoms with Gasteiger partial charge in [0.05, 0.1) is 23.5 Å². The van der Waals surface area contributed by atoms with E-state index in [1.54, 1.807) is 6.07 Å². The number of benzene rings is 1. The van der Waals surface area contributed by atoms with Crippen LogP contribution in [0.2, 0.25) is 0 Å². The lowest BCUT2D eigenvalue weighted by atomic mass is 10.2. The first-order chi connectivity index (χ1) is 9.69. The van der Waals surface area contributed by atoms with E-state index in [1.807, 2.05) is 35.3 Å². The molecular weight excluding hydrogens is 248 g/mol. The fourth-order valence-electron chi connectivity index (χ4n) is 2.03. The highest BCUT2D eigenvalue weighted by Crippen LogP contribution is 2.11. The SMILES string of the molecule is CC(C)NCCCc1cnn(-c2cccc(C#N)c2)c1. The Kier molecular flexibility index (Phi) is 4.91. The van der Waals surface area contributed by atoms with Crippen LogP contribution in [0, 0.1) is 11.3 Å². The summed E-state index contributed by atoms with van der Waals surface area (Å²) in [6, 6.07) is 10.2. The molecule has 0 saturated carbocycles. The monoisotopic (exact) mass is 268 g/mol. The predicted molar refractivity (Wildman–Crippen MR) is 79.7 cm³/mol. The number of hydrogen-bond acceptors (Lipinski definition) is 3. The summed E-state index contributed by atoms with van der Waals surface area (Å²) >= 11 is 0. The van der Waals surface area contributed by atoms with Gasteiger partial charge >= 0.3 is 0 Å². The van der Waals surface area contributed by atoms with Crippen LogP contribution in [0.25, 0.3) is 5.69 Å². The minimum Gasteiger partial charge on any atom is -0.315 e. The second-order valence-electron chi connectivity index (χ2n) is 5.17. The van der Waals surface area contributed by atoms with E-state index in [-0.39, 0.29) is 0 Å². The molecule has 4 heteroatoms. The topological polar surface area (TPSA) is 53.6 Å². The number of aryl methyl sites for hydroxylation is 1. The van der Waals surface area contributed by atoms with Gasteiger partial charge in [0.15, 0.2) is 0 Å². The van der Waals surface area contributed by atoms with Gasteiger partial charge in [0, 0.05) is 12.2 Å². The molecule has 0 unspecified atom stereocenters. The third-order valence-corrected chi connectivity index (χ3v) is 3.07.